The lowest BCUT2D eigenvalue weighted by Gasteiger charge is -2.05. The fraction of sp³-hybridized carbons (Fsp3) is 0.667. The van der Waals surface area contributed by atoms with E-state index in [1.165, 1.54) is 0 Å². The second-order valence-corrected chi connectivity index (χ2v) is 2.26. The van der Waals surface area contributed by atoms with Crippen molar-refractivity contribution in [2.24, 2.45) is 22.2 Å². The Morgan fingerprint density at radius 2 is 2.00 bits per heavy atom. The molecule has 0 fully saturated rings. The van der Waals surface area contributed by atoms with Gasteiger partial charge >= 0.3 is 0 Å². The lowest BCUT2D eigenvalue weighted by molar-refractivity contribution is -0.119. The Morgan fingerprint density at radius 3 is 2.27 bits per heavy atom. The maximum absolute atomic E-state index is 10.6. The average molecular weight is 158 g/mol. The molecule has 64 valence electrons. The van der Waals surface area contributed by atoms with Crippen molar-refractivity contribution in [2.75, 3.05) is 0 Å². The molecular weight excluding hydrogens is 144 g/mol. The molecule has 1 unspecified atom stereocenters. The average Bonchev–Trinajstić information content (AvgIpc) is 1.86. The van der Waals surface area contributed by atoms with Gasteiger partial charge in [0.15, 0.2) is 5.96 Å². The summed E-state index contributed by atoms with van der Waals surface area (Å²) in [6, 6.07) is -0.565. The van der Waals surface area contributed by atoms with Crippen molar-refractivity contribution in [2.45, 2.75) is 25.8 Å². The van der Waals surface area contributed by atoms with Crippen LogP contribution in [0.2, 0.25) is 0 Å². The molecule has 0 aliphatic rings. The molecule has 0 rings (SSSR count). The quantitative estimate of drug-likeness (QED) is 0.357. The van der Waals surface area contributed by atoms with Crippen LogP contribution in [-0.4, -0.2) is 17.9 Å². The van der Waals surface area contributed by atoms with Crippen LogP contribution in [0.25, 0.3) is 0 Å². The van der Waals surface area contributed by atoms with Gasteiger partial charge < -0.3 is 17.2 Å². The van der Waals surface area contributed by atoms with E-state index < -0.39 is 11.9 Å². The molecule has 0 aromatic heterocycles. The second kappa shape index (κ2) is 4.54. The summed E-state index contributed by atoms with van der Waals surface area (Å²) in [6.45, 7) is 1.93. The molecular formula is C6H14N4O. The van der Waals surface area contributed by atoms with E-state index in [-0.39, 0.29) is 5.96 Å². The Kier molecular flexibility index (Phi) is 4.02. The van der Waals surface area contributed by atoms with Crippen LogP contribution in [0.1, 0.15) is 19.8 Å². The third-order valence-electron chi connectivity index (χ3n) is 1.20. The van der Waals surface area contributed by atoms with E-state index in [4.69, 9.17) is 17.2 Å². The molecule has 5 nitrogen and oxygen atoms in total. The van der Waals surface area contributed by atoms with Crippen molar-refractivity contribution in [1.82, 2.24) is 0 Å². The molecule has 0 spiro atoms. The molecule has 0 bridgehead atoms. The van der Waals surface area contributed by atoms with Gasteiger partial charge in [-0.3, -0.25) is 4.79 Å². The highest BCUT2D eigenvalue weighted by molar-refractivity contribution is 5.84. The maximum atomic E-state index is 10.6. The summed E-state index contributed by atoms with van der Waals surface area (Å²) in [5.74, 6) is -0.581. The van der Waals surface area contributed by atoms with Crippen molar-refractivity contribution in [3.05, 3.63) is 0 Å². The molecule has 1 amide bonds. The van der Waals surface area contributed by atoms with Crippen molar-refractivity contribution >= 4 is 11.9 Å². The number of hydrogen-bond acceptors (Lipinski definition) is 2. The lowest BCUT2D eigenvalue weighted by atomic mass is 10.2. The maximum Gasteiger partial charge on any atom is 0.242 e. The minimum atomic E-state index is -0.565. The van der Waals surface area contributed by atoms with Gasteiger partial charge in [0.05, 0.1) is 0 Å². The zero-order chi connectivity index (χ0) is 8.85. The highest BCUT2D eigenvalue weighted by atomic mass is 16.1. The third kappa shape index (κ3) is 4.19. The number of carbonyl (C=O) groups is 1. The molecule has 11 heavy (non-hydrogen) atoms. The standard InChI is InChI=1S/C6H14N4O/c1-2-3-4(5(7)11)10-6(8)9/h4H,2-3H2,1H3,(H2,7,11)(H4,8,9,10). The molecule has 5 heteroatoms. The van der Waals surface area contributed by atoms with Crippen molar-refractivity contribution in [3.8, 4) is 0 Å². The highest BCUT2D eigenvalue weighted by Crippen LogP contribution is 1.99. The van der Waals surface area contributed by atoms with Gasteiger partial charge in [0, 0.05) is 0 Å². The number of nitrogens with zero attached hydrogens (tertiary/aromatic N) is 1. The molecule has 0 aromatic rings. The van der Waals surface area contributed by atoms with Gasteiger partial charge in [0.2, 0.25) is 5.91 Å². The number of aliphatic imine (C=N–C) groups is 1. The molecule has 0 aromatic carbocycles. The molecule has 0 heterocycles. The van der Waals surface area contributed by atoms with Crippen molar-refractivity contribution in [1.29, 1.82) is 0 Å². The van der Waals surface area contributed by atoms with E-state index in [1.54, 1.807) is 0 Å². The monoisotopic (exact) mass is 158 g/mol. The van der Waals surface area contributed by atoms with Crippen LogP contribution in [0.4, 0.5) is 0 Å². The first-order valence-electron chi connectivity index (χ1n) is 3.46. The third-order valence-corrected chi connectivity index (χ3v) is 1.20. The lowest BCUT2D eigenvalue weighted by Crippen LogP contribution is -2.32. The Labute approximate surface area is 65.6 Å². The number of amides is 1. The van der Waals surface area contributed by atoms with Gasteiger partial charge in [-0.15, -0.1) is 0 Å². The normalized spacial score (nSPS) is 12.1. The molecule has 0 radical (unpaired) electrons. The van der Waals surface area contributed by atoms with Gasteiger partial charge in [0.25, 0.3) is 0 Å². The molecule has 0 saturated carbocycles. The summed E-state index contributed by atoms with van der Waals surface area (Å²) in [7, 11) is 0. The second-order valence-electron chi connectivity index (χ2n) is 2.26. The zero-order valence-electron chi connectivity index (χ0n) is 6.58. The van der Waals surface area contributed by atoms with Crippen molar-refractivity contribution in [3.63, 3.8) is 0 Å². The van der Waals surface area contributed by atoms with Crippen LogP contribution in [0.15, 0.2) is 4.99 Å². The summed E-state index contributed by atoms with van der Waals surface area (Å²) in [6.07, 6.45) is 1.41. The first kappa shape index (κ1) is 9.74. The van der Waals surface area contributed by atoms with E-state index in [0.717, 1.165) is 6.42 Å². The highest BCUT2D eigenvalue weighted by Gasteiger charge is 2.11. The Balaban J connectivity index is 4.11. The summed E-state index contributed by atoms with van der Waals surface area (Å²) < 4.78 is 0. The van der Waals surface area contributed by atoms with Gasteiger partial charge in [-0.25, -0.2) is 4.99 Å². The van der Waals surface area contributed by atoms with Crippen LogP contribution in [0.3, 0.4) is 0 Å². The predicted molar refractivity (Wildman–Crippen MR) is 43.7 cm³/mol. The summed E-state index contributed by atoms with van der Waals surface area (Å²) >= 11 is 0. The van der Waals surface area contributed by atoms with Gasteiger partial charge in [0.1, 0.15) is 6.04 Å². The van der Waals surface area contributed by atoms with E-state index in [2.05, 4.69) is 4.99 Å². The topological polar surface area (TPSA) is 107 Å². The van der Waals surface area contributed by atoms with Gasteiger partial charge in [-0.2, -0.15) is 0 Å². The van der Waals surface area contributed by atoms with E-state index in [9.17, 15) is 4.79 Å². The summed E-state index contributed by atoms with van der Waals surface area (Å²) in [5.41, 5.74) is 15.2. The first-order chi connectivity index (χ1) is 5.07. The Bertz CT molecular complexity index is 162. The first-order valence-corrected chi connectivity index (χ1v) is 3.46. The van der Waals surface area contributed by atoms with E-state index in [1.807, 2.05) is 6.92 Å². The van der Waals surface area contributed by atoms with Gasteiger partial charge in [-0.1, -0.05) is 13.3 Å². The predicted octanol–water partition coefficient (Wildman–Crippen LogP) is -1.09. The zero-order valence-corrected chi connectivity index (χ0v) is 6.58. The molecule has 0 saturated heterocycles. The smallest absolute Gasteiger partial charge is 0.242 e. The molecule has 1 atom stereocenters. The SMILES string of the molecule is CCCC(N=C(N)N)C(N)=O. The number of rotatable bonds is 4. The fourth-order valence-electron chi connectivity index (χ4n) is 0.724. The Morgan fingerprint density at radius 1 is 1.45 bits per heavy atom. The molecule has 6 N–H and O–H groups in total. The molecule has 0 aliphatic carbocycles. The van der Waals surface area contributed by atoms with Crippen LogP contribution in [0.5, 0.6) is 0 Å². The van der Waals surface area contributed by atoms with Gasteiger partial charge in [-0.05, 0) is 6.42 Å². The van der Waals surface area contributed by atoms with E-state index in [0.29, 0.717) is 6.42 Å². The summed E-state index contributed by atoms with van der Waals surface area (Å²) in [5, 5.41) is 0. The van der Waals surface area contributed by atoms with Crippen LogP contribution in [0, 0.1) is 0 Å². The number of nitrogens with two attached hydrogens (primary N) is 3. The minimum Gasteiger partial charge on any atom is -0.370 e. The molecule has 0 aliphatic heterocycles. The van der Waals surface area contributed by atoms with Crippen LogP contribution < -0.4 is 17.2 Å². The Hall–Kier alpha value is -1.26. The van der Waals surface area contributed by atoms with E-state index >= 15 is 0 Å². The minimum absolute atomic E-state index is 0.0951. The number of carbonyl (C=O) groups excluding carboxylic acids is 1. The number of primary amides is 1. The fourth-order valence-corrected chi connectivity index (χ4v) is 0.724. The van der Waals surface area contributed by atoms with Crippen LogP contribution in [-0.2, 0) is 4.79 Å². The van der Waals surface area contributed by atoms with Crippen molar-refractivity contribution < 1.29 is 4.79 Å². The van der Waals surface area contributed by atoms with Crippen LogP contribution >= 0.6 is 0 Å². The largest absolute Gasteiger partial charge is 0.370 e. The number of guanidine groups is 1. The summed E-state index contributed by atoms with van der Waals surface area (Å²) in [4.78, 5) is 14.3. The number of hydrogen-bond donors (Lipinski definition) is 3.